The predicted molar refractivity (Wildman–Crippen MR) is 134 cm³/mol. The third-order valence-corrected chi connectivity index (χ3v) is 6.91. The molecule has 36 heavy (non-hydrogen) atoms. The maximum atomic E-state index is 13.9. The van der Waals surface area contributed by atoms with Gasteiger partial charge in [-0.25, -0.2) is 0 Å². The maximum absolute atomic E-state index is 13.9. The van der Waals surface area contributed by atoms with Crippen LogP contribution in [0.1, 0.15) is 32.3 Å². The SMILES string of the molecule is CC(C)C[C@@H](C(=O)N1C[C@]2(C[C@H]1C#N)C(=O)Nc1ccccc12)N(C)C(=O)C(=O)Nc1ccccc1. The molecular formula is C27H29N5O4. The molecule has 2 N–H and O–H groups in total. The first-order chi connectivity index (χ1) is 17.2. The van der Waals surface area contributed by atoms with E-state index >= 15 is 0 Å². The Kier molecular flexibility index (Phi) is 6.80. The first kappa shape index (κ1) is 24.9. The summed E-state index contributed by atoms with van der Waals surface area (Å²) in [5, 5.41) is 15.3. The van der Waals surface area contributed by atoms with Crippen molar-refractivity contribution in [3.8, 4) is 6.07 Å². The van der Waals surface area contributed by atoms with Crippen LogP contribution in [0, 0.1) is 17.2 Å². The molecule has 186 valence electrons. The van der Waals surface area contributed by atoms with Crippen LogP contribution in [0.25, 0.3) is 0 Å². The van der Waals surface area contributed by atoms with Crippen molar-refractivity contribution < 1.29 is 19.2 Å². The van der Waals surface area contributed by atoms with Gasteiger partial charge >= 0.3 is 11.8 Å². The van der Waals surface area contributed by atoms with Crippen LogP contribution in [0.4, 0.5) is 11.4 Å². The van der Waals surface area contributed by atoms with Gasteiger partial charge in [0.1, 0.15) is 12.1 Å². The van der Waals surface area contributed by atoms with Crippen molar-refractivity contribution in [1.82, 2.24) is 9.80 Å². The number of nitriles is 1. The number of fused-ring (bicyclic) bond motifs is 2. The summed E-state index contributed by atoms with van der Waals surface area (Å²) in [4.78, 5) is 55.1. The molecule has 9 nitrogen and oxygen atoms in total. The summed E-state index contributed by atoms with van der Waals surface area (Å²) in [6.45, 7) is 3.85. The van der Waals surface area contributed by atoms with Crippen LogP contribution in [0.5, 0.6) is 0 Å². The molecule has 4 rings (SSSR count). The van der Waals surface area contributed by atoms with E-state index in [1.807, 2.05) is 32.0 Å². The van der Waals surface area contributed by atoms with Crippen molar-refractivity contribution in [2.75, 3.05) is 24.2 Å². The van der Waals surface area contributed by atoms with Crippen molar-refractivity contribution in [3.63, 3.8) is 0 Å². The van der Waals surface area contributed by atoms with Crippen molar-refractivity contribution in [2.24, 2.45) is 5.92 Å². The molecule has 4 amide bonds. The average Bonchev–Trinajstić information content (AvgIpc) is 3.40. The highest BCUT2D eigenvalue weighted by molar-refractivity contribution is 6.39. The molecule has 0 bridgehead atoms. The van der Waals surface area contributed by atoms with E-state index in [0.717, 1.165) is 10.5 Å². The van der Waals surface area contributed by atoms with Gasteiger partial charge in [0, 0.05) is 31.4 Å². The molecule has 2 aliphatic heterocycles. The van der Waals surface area contributed by atoms with Crippen LogP contribution in [-0.4, -0.2) is 59.1 Å². The molecule has 2 heterocycles. The molecule has 0 saturated carbocycles. The largest absolute Gasteiger partial charge is 0.325 e. The number of anilines is 2. The number of carbonyl (C=O) groups excluding carboxylic acids is 4. The van der Waals surface area contributed by atoms with E-state index in [-0.39, 0.29) is 24.8 Å². The lowest BCUT2D eigenvalue weighted by atomic mass is 9.80. The summed E-state index contributed by atoms with van der Waals surface area (Å²) in [5.41, 5.74) is 0.880. The normalized spacial score (nSPS) is 21.0. The molecule has 1 spiro atoms. The molecule has 3 atom stereocenters. The summed E-state index contributed by atoms with van der Waals surface area (Å²) in [6, 6.07) is 16.2. The standard InChI is InChI=1S/C27H29N5O4/c1-17(2)13-22(31(3)25(35)23(33)29-18-9-5-4-6-10-18)24(34)32-16-27(14-19(32)15-28)20-11-7-8-12-21(20)30-26(27)36/h4-12,17,19,22H,13-14,16H2,1-3H3,(H,29,33)(H,30,36)/t19-,22-,27-/m0/s1. The zero-order chi connectivity index (χ0) is 26.0. The van der Waals surface area contributed by atoms with Crippen LogP contribution < -0.4 is 10.6 Å². The number of amides is 4. The van der Waals surface area contributed by atoms with Gasteiger partial charge in [0.25, 0.3) is 0 Å². The molecule has 2 aliphatic rings. The fourth-order valence-corrected chi connectivity index (χ4v) is 5.06. The van der Waals surface area contributed by atoms with Crippen molar-refractivity contribution in [1.29, 1.82) is 5.26 Å². The van der Waals surface area contributed by atoms with E-state index in [0.29, 0.717) is 17.8 Å². The van der Waals surface area contributed by atoms with Gasteiger partial charge in [0.05, 0.1) is 11.5 Å². The minimum Gasteiger partial charge on any atom is -0.325 e. The number of benzene rings is 2. The number of rotatable bonds is 5. The Hall–Kier alpha value is -4.19. The molecule has 2 aromatic carbocycles. The quantitative estimate of drug-likeness (QED) is 0.628. The Bertz CT molecular complexity index is 1240. The number of hydrogen-bond donors (Lipinski definition) is 2. The van der Waals surface area contributed by atoms with Gasteiger partial charge in [-0.15, -0.1) is 0 Å². The van der Waals surface area contributed by atoms with Gasteiger partial charge < -0.3 is 20.4 Å². The minimum atomic E-state index is -1.03. The second-order valence-electron chi connectivity index (χ2n) is 9.78. The van der Waals surface area contributed by atoms with E-state index in [4.69, 9.17) is 0 Å². The summed E-state index contributed by atoms with van der Waals surface area (Å²) >= 11 is 0. The highest BCUT2D eigenvalue weighted by atomic mass is 16.2. The lowest BCUT2D eigenvalue weighted by molar-refractivity contribution is -0.149. The van der Waals surface area contributed by atoms with Crippen LogP contribution in [0.15, 0.2) is 54.6 Å². The molecule has 2 aromatic rings. The Balaban J connectivity index is 1.59. The maximum Gasteiger partial charge on any atom is 0.313 e. The summed E-state index contributed by atoms with van der Waals surface area (Å²) in [7, 11) is 1.42. The zero-order valence-electron chi connectivity index (χ0n) is 20.5. The molecule has 0 radical (unpaired) electrons. The molecule has 1 saturated heterocycles. The van der Waals surface area contributed by atoms with Crippen LogP contribution >= 0.6 is 0 Å². The summed E-state index contributed by atoms with van der Waals surface area (Å²) in [5.74, 6) is -2.38. The smallest absolute Gasteiger partial charge is 0.313 e. The second-order valence-corrected chi connectivity index (χ2v) is 9.78. The monoisotopic (exact) mass is 487 g/mol. The Morgan fingerprint density at radius 2 is 1.83 bits per heavy atom. The predicted octanol–water partition coefficient (Wildman–Crippen LogP) is 2.51. The van der Waals surface area contributed by atoms with Crippen LogP contribution in [0.3, 0.4) is 0 Å². The zero-order valence-corrected chi connectivity index (χ0v) is 20.5. The van der Waals surface area contributed by atoms with Gasteiger partial charge in [-0.2, -0.15) is 5.26 Å². The Morgan fingerprint density at radius 3 is 2.50 bits per heavy atom. The summed E-state index contributed by atoms with van der Waals surface area (Å²) in [6.07, 6.45) is 0.461. The topological polar surface area (TPSA) is 123 Å². The molecular weight excluding hydrogens is 458 g/mol. The number of nitrogens with one attached hydrogen (secondary N) is 2. The third-order valence-electron chi connectivity index (χ3n) is 6.91. The van der Waals surface area contributed by atoms with E-state index in [2.05, 4.69) is 16.7 Å². The van der Waals surface area contributed by atoms with Gasteiger partial charge in [-0.3, -0.25) is 19.2 Å². The molecule has 0 aromatic heterocycles. The van der Waals surface area contributed by atoms with Gasteiger partial charge in [0.2, 0.25) is 11.8 Å². The third kappa shape index (κ3) is 4.42. The fourth-order valence-electron chi connectivity index (χ4n) is 5.06. The first-order valence-electron chi connectivity index (χ1n) is 11.9. The number of nitrogens with zero attached hydrogens (tertiary/aromatic N) is 3. The van der Waals surface area contributed by atoms with Crippen molar-refractivity contribution in [2.45, 2.75) is 44.2 Å². The highest BCUT2D eigenvalue weighted by Gasteiger charge is 2.56. The lowest BCUT2D eigenvalue weighted by Gasteiger charge is -2.33. The van der Waals surface area contributed by atoms with E-state index < -0.39 is 35.2 Å². The van der Waals surface area contributed by atoms with Crippen molar-refractivity contribution >= 4 is 35.0 Å². The van der Waals surface area contributed by atoms with Gasteiger partial charge in [0.15, 0.2) is 0 Å². The van der Waals surface area contributed by atoms with Crippen molar-refractivity contribution in [3.05, 3.63) is 60.2 Å². The van der Waals surface area contributed by atoms with E-state index in [9.17, 15) is 24.4 Å². The Morgan fingerprint density at radius 1 is 1.17 bits per heavy atom. The van der Waals surface area contributed by atoms with E-state index in [1.54, 1.807) is 36.4 Å². The average molecular weight is 488 g/mol. The van der Waals surface area contributed by atoms with Gasteiger partial charge in [-0.05, 0) is 36.1 Å². The number of para-hydroxylation sites is 2. The Labute approximate surface area is 210 Å². The summed E-state index contributed by atoms with van der Waals surface area (Å²) < 4.78 is 0. The van der Waals surface area contributed by atoms with Gasteiger partial charge in [-0.1, -0.05) is 50.2 Å². The first-order valence-corrected chi connectivity index (χ1v) is 11.9. The molecule has 1 fully saturated rings. The highest BCUT2D eigenvalue weighted by Crippen LogP contribution is 2.46. The number of carbonyl (C=O) groups is 4. The van der Waals surface area contributed by atoms with Crippen LogP contribution in [-0.2, 0) is 24.6 Å². The van der Waals surface area contributed by atoms with E-state index in [1.165, 1.54) is 11.9 Å². The lowest BCUT2D eigenvalue weighted by Crippen LogP contribution is -2.53. The van der Waals surface area contributed by atoms with Crippen LogP contribution in [0.2, 0.25) is 0 Å². The molecule has 0 aliphatic carbocycles. The number of hydrogen-bond acceptors (Lipinski definition) is 5. The second kappa shape index (κ2) is 9.82. The minimum absolute atomic E-state index is 0.0268. The number of likely N-dealkylation sites (N-methyl/N-ethyl adjacent to an activating group) is 1. The molecule has 0 unspecified atom stereocenters. The number of likely N-dealkylation sites (tertiary alicyclic amines) is 1. The molecule has 9 heteroatoms. The fraction of sp³-hybridized carbons (Fsp3) is 0.370.